The van der Waals surface area contributed by atoms with Crippen molar-refractivity contribution in [1.29, 1.82) is 0 Å². The molecule has 0 radical (unpaired) electrons. The molecule has 94 valence electrons. The number of esters is 1. The van der Waals surface area contributed by atoms with E-state index in [1.165, 1.54) is 19.3 Å². The summed E-state index contributed by atoms with van der Waals surface area (Å²) in [5.41, 5.74) is 0. The second-order valence-corrected chi connectivity index (χ2v) is 5.39. The van der Waals surface area contributed by atoms with Crippen LogP contribution in [0, 0.1) is 0 Å². The first-order chi connectivity index (χ1) is 7.71. The highest BCUT2D eigenvalue weighted by molar-refractivity contribution is 7.99. The Hall–Kier alpha value is -0.220. The summed E-state index contributed by atoms with van der Waals surface area (Å²) in [7, 11) is 0. The third kappa shape index (κ3) is 3.98. The van der Waals surface area contributed by atoms with Crippen molar-refractivity contribution < 1.29 is 9.53 Å². The lowest BCUT2D eigenvalue weighted by atomic mass is 10.1. The summed E-state index contributed by atoms with van der Waals surface area (Å²) in [5, 5.41) is 4.19. The normalized spacial score (nSPS) is 26.7. The Bertz CT molecular complexity index is 223. The highest BCUT2D eigenvalue weighted by atomic mass is 32.2. The van der Waals surface area contributed by atoms with Crippen LogP contribution in [0.1, 0.15) is 39.5 Å². The minimum Gasteiger partial charge on any atom is -0.465 e. The maximum Gasteiger partial charge on any atom is 0.323 e. The van der Waals surface area contributed by atoms with Crippen molar-refractivity contribution in [2.45, 2.75) is 56.9 Å². The Morgan fingerprint density at radius 3 is 2.75 bits per heavy atom. The zero-order valence-electron chi connectivity index (χ0n) is 10.5. The van der Waals surface area contributed by atoms with Gasteiger partial charge < -0.3 is 10.1 Å². The number of ether oxygens (including phenoxy) is 1. The molecule has 4 heteroatoms. The molecule has 0 aromatic rings. The van der Waals surface area contributed by atoms with Crippen LogP contribution < -0.4 is 5.32 Å². The first kappa shape index (κ1) is 13.8. The van der Waals surface area contributed by atoms with Gasteiger partial charge in [0.15, 0.2) is 0 Å². The zero-order valence-corrected chi connectivity index (χ0v) is 11.3. The Morgan fingerprint density at radius 1 is 1.50 bits per heavy atom. The van der Waals surface area contributed by atoms with Crippen LogP contribution in [-0.2, 0) is 9.53 Å². The molecule has 0 bridgehead atoms. The lowest BCUT2D eigenvalue weighted by Gasteiger charge is -2.20. The highest BCUT2D eigenvalue weighted by Gasteiger charge is 2.28. The Kier molecular flexibility index (Phi) is 6.21. The van der Waals surface area contributed by atoms with Crippen LogP contribution in [0.5, 0.6) is 0 Å². The van der Waals surface area contributed by atoms with Crippen LogP contribution in [0.15, 0.2) is 0 Å². The second-order valence-electron chi connectivity index (χ2n) is 4.25. The van der Waals surface area contributed by atoms with E-state index in [4.69, 9.17) is 4.74 Å². The molecule has 0 aromatic carbocycles. The molecule has 1 rings (SSSR count). The lowest BCUT2D eigenvalue weighted by Crippen LogP contribution is -2.43. The summed E-state index contributed by atoms with van der Waals surface area (Å²) in [4.78, 5) is 11.6. The van der Waals surface area contributed by atoms with Crippen LogP contribution in [-0.4, -0.2) is 36.2 Å². The molecule has 0 saturated heterocycles. The molecule has 0 amide bonds. The van der Waals surface area contributed by atoms with Crippen LogP contribution in [0.4, 0.5) is 0 Å². The van der Waals surface area contributed by atoms with E-state index in [9.17, 15) is 4.79 Å². The Labute approximate surface area is 103 Å². The molecule has 0 aromatic heterocycles. The van der Waals surface area contributed by atoms with Crippen LogP contribution >= 0.6 is 11.8 Å². The van der Waals surface area contributed by atoms with Gasteiger partial charge in [-0.1, -0.05) is 6.92 Å². The SMILES string of the molecule is CCOC(=O)C(CC)NC1CCC(SC)C1. The highest BCUT2D eigenvalue weighted by Crippen LogP contribution is 2.28. The monoisotopic (exact) mass is 245 g/mol. The number of thioether (sulfide) groups is 1. The van der Waals surface area contributed by atoms with E-state index in [-0.39, 0.29) is 12.0 Å². The van der Waals surface area contributed by atoms with Gasteiger partial charge in [-0.3, -0.25) is 4.79 Å². The summed E-state index contributed by atoms with van der Waals surface area (Å²) in [5.74, 6) is -0.0994. The molecular formula is C12H23NO2S. The summed E-state index contributed by atoms with van der Waals surface area (Å²) in [6.45, 7) is 4.34. The topological polar surface area (TPSA) is 38.3 Å². The van der Waals surface area contributed by atoms with Crippen LogP contribution in [0.2, 0.25) is 0 Å². The van der Waals surface area contributed by atoms with Crippen LogP contribution in [0.3, 0.4) is 0 Å². The summed E-state index contributed by atoms with van der Waals surface area (Å²) in [6, 6.07) is 0.373. The molecule has 1 N–H and O–H groups in total. The van der Waals surface area contributed by atoms with Gasteiger partial charge in [-0.15, -0.1) is 0 Å². The fraction of sp³-hybridized carbons (Fsp3) is 0.917. The molecule has 1 saturated carbocycles. The van der Waals surface area contributed by atoms with Gasteiger partial charge in [0.05, 0.1) is 6.61 Å². The van der Waals surface area contributed by atoms with Crippen molar-refractivity contribution in [3.8, 4) is 0 Å². The predicted molar refractivity (Wildman–Crippen MR) is 68.8 cm³/mol. The molecule has 0 heterocycles. The van der Waals surface area contributed by atoms with Gasteiger partial charge in [-0.05, 0) is 38.9 Å². The van der Waals surface area contributed by atoms with Gasteiger partial charge in [0, 0.05) is 11.3 Å². The smallest absolute Gasteiger partial charge is 0.323 e. The molecular weight excluding hydrogens is 222 g/mol. The quantitative estimate of drug-likeness (QED) is 0.728. The van der Waals surface area contributed by atoms with E-state index >= 15 is 0 Å². The first-order valence-corrected chi connectivity index (χ1v) is 7.45. The number of hydrogen-bond donors (Lipinski definition) is 1. The van der Waals surface area contributed by atoms with Gasteiger partial charge in [-0.2, -0.15) is 11.8 Å². The van der Waals surface area contributed by atoms with Crippen molar-refractivity contribution in [1.82, 2.24) is 5.32 Å². The summed E-state index contributed by atoms with van der Waals surface area (Å²) < 4.78 is 5.05. The molecule has 1 aliphatic carbocycles. The number of hydrogen-bond acceptors (Lipinski definition) is 4. The van der Waals surface area contributed by atoms with E-state index < -0.39 is 0 Å². The van der Waals surface area contributed by atoms with E-state index in [2.05, 4.69) is 11.6 Å². The van der Waals surface area contributed by atoms with Gasteiger partial charge >= 0.3 is 5.97 Å². The second kappa shape index (κ2) is 7.17. The predicted octanol–water partition coefficient (Wildman–Crippen LogP) is 2.20. The molecule has 0 aliphatic heterocycles. The Balaban J connectivity index is 2.36. The van der Waals surface area contributed by atoms with E-state index in [0.717, 1.165) is 11.7 Å². The van der Waals surface area contributed by atoms with Crippen molar-refractivity contribution in [3.05, 3.63) is 0 Å². The average Bonchev–Trinajstić information content (AvgIpc) is 2.73. The minimum atomic E-state index is -0.120. The van der Waals surface area contributed by atoms with Crippen LogP contribution in [0.25, 0.3) is 0 Å². The van der Waals surface area contributed by atoms with Crippen molar-refractivity contribution in [2.24, 2.45) is 0 Å². The number of carbonyl (C=O) groups is 1. The fourth-order valence-corrected chi connectivity index (χ4v) is 2.98. The molecule has 0 spiro atoms. The molecule has 3 unspecified atom stereocenters. The Morgan fingerprint density at radius 2 is 2.25 bits per heavy atom. The maximum absolute atomic E-state index is 11.6. The standard InChI is InChI=1S/C12H23NO2S/c1-4-11(12(14)15-5-2)13-9-6-7-10(8-9)16-3/h9-11,13H,4-8H2,1-3H3. The van der Waals surface area contributed by atoms with Crippen molar-refractivity contribution >= 4 is 17.7 Å². The third-order valence-electron chi connectivity index (χ3n) is 3.13. The zero-order chi connectivity index (χ0) is 12.0. The van der Waals surface area contributed by atoms with E-state index in [0.29, 0.717) is 12.6 Å². The molecule has 1 aliphatic rings. The van der Waals surface area contributed by atoms with Crippen molar-refractivity contribution in [2.75, 3.05) is 12.9 Å². The van der Waals surface area contributed by atoms with Gasteiger partial charge in [0.25, 0.3) is 0 Å². The van der Waals surface area contributed by atoms with E-state index in [1.54, 1.807) is 0 Å². The first-order valence-electron chi connectivity index (χ1n) is 6.16. The van der Waals surface area contributed by atoms with Crippen molar-refractivity contribution in [3.63, 3.8) is 0 Å². The molecule has 1 fully saturated rings. The number of nitrogens with one attached hydrogen (secondary N) is 1. The largest absolute Gasteiger partial charge is 0.465 e. The molecule has 3 atom stereocenters. The average molecular weight is 245 g/mol. The summed E-state index contributed by atoms with van der Waals surface area (Å²) in [6.07, 6.45) is 6.59. The molecule has 16 heavy (non-hydrogen) atoms. The van der Waals surface area contributed by atoms with Gasteiger partial charge in [0.2, 0.25) is 0 Å². The number of rotatable bonds is 6. The summed E-state index contributed by atoms with van der Waals surface area (Å²) >= 11 is 1.93. The van der Waals surface area contributed by atoms with Gasteiger partial charge in [0.1, 0.15) is 6.04 Å². The number of carbonyl (C=O) groups excluding carboxylic acids is 1. The third-order valence-corrected chi connectivity index (χ3v) is 4.23. The minimum absolute atomic E-state index is 0.0994. The van der Waals surface area contributed by atoms with E-state index in [1.807, 2.05) is 25.6 Å². The maximum atomic E-state index is 11.6. The molecule has 3 nitrogen and oxygen atoms in total. The lowest BCUT2D eigenvalue weighted by molar-refractivity contribution is -0.146. The van der Waals surface area contributed by atoms with Gasteiger partial charge in [-0.25, -0.2) is 0 Å². The fourth-order valence-electron chi connectivity index (χ4n) is 2.19.